The third-order valence-electron chi connectivity index (χ3n) is 3.89. The number of nitrogens with zero attached hydrogens (tertiary/aromatic N) is 3. The molecule has 0 bridgehead atoms. The van der Waals surface area contributed by atoms with Gasteiger partial charge in [-0.2, -0.15) is 0 Å². The second kappa shape index (κ2) is 4.64. The summed E-state index contributed by atoms with van der Waals surface area (Å²) < 4.78 is 2.03. The Morgan fingerprint density at radius 3 is 2.89 bits per heavy atom. The van der Waals surface area contributed by atoms with Crippen LogP contribution >= 0.6 is 11.3 Å². The number of likely N-dealkylation sites (tertiary alicyclic amines) is 1. The monoisotopic (exact) mass is 265 g/mol. The van der Waals surface area contributed by atoms with Gasteiger partial charge in [-0.25, -0.2) is 4.98 Å². The third-order valence-corrected chi connectivity index (χ3v) is 4.66. The van der Waals surface area contributed by atoms with Gasteiger partial charge in [-0.1, -0.05) is 6.92 Å². The van der Waals surface area contributed by atoms with Crippen molar-refractivity contribution in [2.75, 3.05) is 19.6 Å². The zero-order valence-electron chi connectivity index (χ0n) is 10.7. The maximum atomic E-state index is 10.6. The van der Waals surface area contributed by atoms with E-state index in [4.69, 9.17) is 0 Å². The van der Waals surface area contributed by atoms with Crippen LogP contribution in [-0.4, -0.2) is 44.6 Å². The fraction of sp³-hybridized carbons (Fsp3) is 0.615. The first-order valence-corrected chi connectivity index (χ1v) is 7.42. The number of thiazole rings is 1. The van der Waals surface area contributed by atoms with E-state index in [1.165, 1.54) is 0 Å². The van der Waals surface area contributed by atoms with Crippen LogP contribution in [0.15, 0.2) is 17.8 Å². The number of rotatable bonds is 3. The van der Waals surface area contributed by atoms with Crippen molar-refractivity contribution in [3.05, 3.63) is 23.5 Å². The number of imidazole rings is 1. The van der Waals surface area contributed by atoms with Crippen LogP contribution in [0, 0.1) is 0 Å². The van der Waals surface area contributed by atoms with Crippen LogP contribution in [0.2, 0.25) is 0 Å². The normalized spacial score (nSPS) is 20.6. The second-order valence-electron chi connectivity index (χ2n) is 5.16. The first kappa shape index (κ1) is 12.1. The molecule has 1 aliphatic rings. The van der Waals surface area contributed by atoms with E-state index in [-0.39, 0.29) is 0 Å². The van der Waals surface area contributed by atoms with Crippen molar-refractivity contribution in [3.8, 4) is 0 Å². The van der Waals surface area contributed by atoms with E-state index in [1.807, 2.05) is 22.2 Å². The van der Waals surface area contributed by atoms with Gasteiger partial charge in [0.25, 0.3) is 0 Å². The van der Waals surface area contributed by atoms with Gasteiger partial charge in [-0.05, 0) is 19.4 Å². The van der Waals surface area contributed by atoms with Gasteiger partial charge in [0, 0.05) is 37.3 Å². The van der Waals surface area contributed by atoms with Crippen molar-refractivity contribution in [1.82, 2.24) is 14.3 Å². The van der Waals surface area contributed by atoms with E-state index in [9.17, 15) is 5.11 Å². The van der Waals surface area contributed by atoms with Crippen LogP contribution in [0.3, 0.4) is 0 Å². The lowest BCUT2D eigenvalue weighted by atomic mass is 9.87. The minimum Gasteiger partial charge on any atom is -0.389 e. The highest BCUT2D eigenvalue weighted by Crippen LogP contribution is 2.26. The summed E-state index contributed by atoms with van der Waals surface area (Å²) in [5.41, 5.74) is 0.449. The Morgan fingerprint density at radius 1 is 1.44 bits per heavy atom. The highest BCUT2D eigenvalue weighted by atomic mass is 32.1. The maximum absolute atomic E-state index is 10.6. The molecule has 3 heterocycles. The molecule has 2 aromatic heterocycles. The van der Waals surface area contributed by atoms with E-state index in [1.54, 1.807) is 11.3 Å². The van der Waals surface area contributed by atoms with Crippen LogP contribution in [0.5, 0.6) is 0 Å². The molecule has 1 aliphatic heterocycles. The fourth-order valence-electron chi connectivity index (χ4n) is 2.66. The average molecular weight is 265 g/mol. The topological polar surface area (TPSA) is 40.8 Å². The first-order valence-electron chi connectivity index (χ1n) is 6.54. The molecule has 0 amide bonds. The van der Waals surface area contributed by atoms with Crippen molar-refractivity contribution in [3.63, 3.8) is 0 Å². The smallest absolute Gasteiger partial charge is 0.193 e. The molecular weight excluding hydrogens is 246 g/mol. The predicted molar refractivity (Wildman–Crippen MR) is 73.1 cm³/mol. The lowest BCUT2D eigenvalue weighted by Crippen LogP contribution is -2.45. The second-order valence-corrected chi connectivity index (χ2v) is 6.03. The summed E-state index contributed by atoms with van der Waals surface area (Å²) >= 11 is 1.64. The summed E-state index contributed by atoms with van der Waals surface area (Å²) in [7, 11) is 0. The van der Waals surface area contributed by atoms with Gasteiger partial charge in [0.2, 0.25) is 0 Å². The van der Waals surface area contributed by atoms with Gasteiger partial charge < -0.3 is 10.0 Å². The molecule has 0 aliphatic carbocycles. The summed E-state index contributed by atoms with van der Waals surface area (Å²) in [5, 5.41) is 12.7. The van der Waals surface area contributed by atoms with Gasteiger partial charge in [0.1, 0.15) is 0 Å². The van der Waals surface area contributed by atoms with Gasteiger partial charge in [-0.3, -0.25) is 4.40 Å². The fourth-order valence-corrected chi connectivity index (χ4v) is 3.38. The van der Waals surface area contributed by atoms with E-state index in [2.05, 4.69) is 16.8 Å². The van der Waals surface area contributed by atoms with Crippen molar-refractivity contribution in [2.45, 2.75) is 31.8 Å². The van der Waals surface area contributed by atoms with Gasteiger partial charge in [0.05, 0.1) is 11.3 Å². The van der Waals surface area contributed by atoms with Crippen LogP contribution in [0.4, 0.5) is 0 Å². The third kappa shape index (κ3) is 2.30. The standard InChI is InChI=1S/C13H19N3OS/c1-2-15-5-3-13(17,4-6-15)9-11-10-16-7-8-18-12(16)14-11/h7-8,10,17H,2-6,9H2,1H3. The molecule has 0 spiro atoms. The highest BCUT2D eigenvalue weighted by Gasteiger charge is 2.32. The molecular formula is C13H19N3OS. The van der Waals surface area contributed by atoms with Crippen molar-refractivity contribution in [1.29, 1.82) is 0 Å². The van der Waals surface area contributed by atoms with Crippen LogP contribution in [0.25, 0.3) is 4.96 Å². The summed E-state index contributed by atoms with van der Waals surface area (Å²) in [5.74, 6) is 0. The molecule has 0 aromatic carbocycles. The summed E-state index contributed by atoms with van der Waals surface area (Å²) in [6.07, 6.45) is 6.44. The Hall–Kier alpha value is -0.910. The number of aromatic nitrogens is 2. The van der Waals surface area contributed by atoms with Gasteiger partial charge >= 0.3 is 0 Å². The average Bonchev–Trinajstić information content (AvgIpc) is 2.90. The Kier molecular flexibility index (Phi) is 3.13. The van der Waals surface area contributed by atoms with E-state index < -0.39 is 5.60 Å². The number of hydrogen-bond acceptors (Lipinski definition) is 4. The SMILES string of the molecule is CCN1CCC(O)(Cc2cn3ccsc3n2)CC1. The maximum Gasteiger partial charge on any atom is 0.193 e. The number of fused-ring (bicyclic) bond motifs is 1. The molecule has 98 valence electrons. The van der Waals surface area contributed by atoms with E-state index in [0.717, 1.165) is 43.1 Å². The highest BCUT2D eigenvalue weighted by molar-refractivity contribution is 7.15. The number of hydrogen-bond donors (Lipinski definition) is 1. The predicted octanol–water partition coefficient (Wildman–Crippen LogP) is 1.79. The Balaban J connectivity index is 1.70. The molecule has 0 atom stereocenters. The molecule has 1 N–H and O–H groups in total. The first-order chi connectivity index (χ1) is 8.68. The minimum atomic E-state index is -0.560. The van der Waals surface area contributed by atoms with Gasteiger partial charge in [0.15, 0.2) is 4.96 Å². The van der Waals surface area contributed by atoms with Crippen LogP contribution < -0.4 is 0 Å². The van der Waals surface area contributed by atoms with Crippen LogP contribution in [0.1, 0.15) is 25.5 Å². The number of aliphatic hydroxyl groups is 1. The Labute approximate surface area is 111 Å². The molecule has 1 fully saturated rings. The molecule has 1 saturated heterocycles. The molecule has 3 rings (SSSR count). The van der Waals surface area contributed by atoms with E-state index in [0.29, 0.717) is 6.42 Å². The molecule has 0 unspecified atom stereocenters. The summed E-state index contributed by atoms with van der Waals surface area (Å²) in [6.45, 7) is 5.24. The number of piperidine rings is 1. The zero-order chi connectivity index (χ0) is 12.6. The van der Waals surface area contributed by atoms with Gasteiger partial charge in [-0.15, -0.1) is 11.3 Å². The summed E-state index contributed by atoms with van der Waals surface area (Å²) in [6, 6.07) is 0. The Bertz CT molecular complexity index is 497. The zero-order valence-corrected chi connectivity index (χ0v) is 11.5. The Morgan fingerprint density at radius 2 is 2.22 bits per heavy atom. The van der Waals surface area contributed by atoms with E-state index >= 15 is 0 Å². The summed E-state index contributed by atoms with van der Waals surface area (Å²) in [4.78, 5) is 7.96. The minimum absolute atomic E-state index is 0.560. The molecule has 0 saturated carbocycles. The molecule has 0 radical (unpaired) electrons. The van der Waals surface area contributed by atoms with Crippen molar-refractivity contribution < 1.29 is 5.11 Å². The lowest BCUT2D eigenvalue weighted by molar-refractivity contribution is -0.0200. The van der Waals surface area contributed by atoms with Crippen molar-refractivity contribution in [2.24, 2.45) is 0 Å². The molecule has 2 aromatic rings. The molecule has 5 heteroatoms. The quantitative estimate of drug-likeness (QED) is 0.920. The molecule has 4 nitrogen and oxygen atoms in total. The molecule has 18 heavy (non-hydrogen) atoms. The largest absolute Gasteiger partial charge is 0.389 e. The van der Waals surface area contributed by atoms with Crippen LogP contribution in [-0.2, 0) is 6.42 Å². The van der Waals surface area contributed by atoms with Crippen molar-refractivity contribution >= 4 is 16.3 Å². The lowest BCUT2D eigenvalue weighted by Gasteiger charge is -2.37.